The van der Waals surface area contributed by atoms with Crippen molar-refractivity contribution in [2.75, 3.05) is 33.0 Å². The molecule has 0 spiro atoms. The van der Waals surface area contributed by atoms with Crippen LogP contribution in [-0.4, -0.2) is 58.5 Å². The highest BCUT2D eigenvalue weighted by Gasteiger charge is 2.24. The fraction of sp³-hybridized carbons (Fsp3) is 0.474. The maximum atomic E-state index is 12.4. The molecule has 1 aromatic heterocycles. The monoisotopic (exact) mass is 402 g/mol. The van der Waals surface area contributed by atoms with Gasteiger partial charge in [0.2, 0.25) is 12.7 Å². The second-order valence-electron chi connectivity index (χ2n) is 7.32. The average Bonchev–Trinajstić information content (AvgIpc) is 3.37. The molecule has 3 heterocycles. The third-order valence-electron chi connectivity index (χ3n) is 5.32. The van der Waals surface area contributed by atoms with Crippen LogP contribution in [0.3, 0.4) is 0 Å². The van der Waals surface area contributed by atoms with Gasteiger partial charge in [0.05, 0.1) is 31.1 Å². The molecular formula is C19H24N5O5+. The third-order valence-corrected chi connectivity index (χ3v) is 5.32. The van der Waals surface area contributed by atoms with Gasteiger partial charge in [0.25, 0.3) is 0 Å². The van der Waals surface area contributed by atoms with Gasteiger partial charge in [-0.25, -0.2) is 0 Å². The number of nitrogens with zero attached hydrogens (tertiary/aromatic N) is 4. The number of ether oxygens (including phenoxy) is 2. The van der Waals surface area contributed by atoms with E-state index in [1.807, 2.05) is 17.0 Å². The molecule has 0 bridgehead atoms. The van der Waals surface area contributed by atoms with E-state index >= 15 is 0 Å². The van der Waals surface area contributed by atoms with Gasteiger partial charge in [-0.2, -0.15) is 5.10 Å². The number of carbonyl (C=O) groups is 1. The van der Waals surface area contributed by atoms with Crippen LogP contribution >= 0.6 is 0 Å². The summed E-state index contributed by atoms with van der Waals surface area (Å²) in [5, 5.41) is 14.6. The number of fused-ring (bicyclic) bond motifs is 1. The van der Waals surface area contributed by atoms with Crippen LogP contribution in [0.5, 0.6) is 11.5 Å². The maximum Gasteiger partial charge on any atom is 0.306 e. The van der Waals surface area contributed by atoms with Crippen molar-refractivity contribution in [3.05, 3.63) is 46.3 Å². The number of quaternary nitrogens is 1. The lowest BCUT2D eigenvalue weighted by Crippen LogP contribution is -3.13. The topological polar surface area (TPSA) is 104 Å². The van der Waals surface area contributed by atoms with Gasteiger partial charge in [0.1, 0.15) is 18.9 Å². The molecule has 2 aromatic rings. The largest absolute Gasteiger partial charge is 0.454 e. The summed E-state index contributed by atoms with van der Waals surface area (Å²) in [7, 11) is 0. The Morgan fingerprint density at radius 2 is 2.03 bits per heavy atom. The van der Waals surface area contributed by atoms with Crippen LogP contribution in [0.25, 0.3) is 0 Å². The van der Waals surface area contributed by atoms with E-state index in [0.29, 0.717) is 19.4 Å². The minimum atomic E-state index is -0.472. The van der Waals surface area contributed by atoms with Gasteiger partial charge < -0.3 is 19.3 Å². The highest BCUT2D eigenvalue weighted by molar-refractivity contribution is 5.76. The Balaban J connectivity index is 1.19. The van der Waals surface area contributed by atoms with Crippen LogP contribution in [0, 0.1) is 10.1 Å². The molecule has 10 heteroatoms. The Morgan fingerprint density at radius 1 is 1.24 bits per heavy atom. The number of nitro groups is 1. The predicted octanol–water partition coefficient (Wildman–Crippen LogP) is 0.228. The molecule has 154 valence electrons. The fourth-order valence-corrected chi connectivity index (χ4v) is 3.71. The zero-order valence-corrected chi connectivity index (χ0v) is 16.1. The summed E-state index contributed by atoms with van der Waals surface area (Å²) in [5.74, 6) is 1.73. The van der Waals surface area contributed by atoms with Crippen LogP contribution in [0.2, 0.25) is 0 Å². The lowest BCUT2D eigenvalue weighted by Gasteiger charge is -2.32. The van der Waals surface area contributed by atoms with Crippen LogP contribution in [0.15, 0.2) is 30.6 Å². The first-order valence-corrected chi connectivity index (χ1v) is 9.75. The van der Waals surface area contributed by atoms with Gasteiger partial charge in [-0.1, -0.05) is 0 Å². The number of hydrogen-bond acceptors (Lipinski definition) is 6. The summed E-state index contributed by atoms with van der Waals surface area (Å²) in [6.07, 6.45) is 3.65. The number of rotatable bonds is 7. The van der Waals surface area contributed by atoms with E-state index in [0.717, 1.165) is 44.2 Å². The molecule has 2 aliphatic rings. The molecule has 1 saturated heterocycles. The van der Waals surface area contributed by atoms with Crippen molar-refractivity contribution in [1.82, 2.24) is 14.7 Å². The van der Waals surface area contributed by atoms with Gasteiger partial charge in [0, 0.05) is 18.5 Å². The van der Waals surface area contributed by atoms with Crippen molar-refractivity contribution in [2.24, 2.45) is 0 Å². The maximum absolute atomic E-state index is 12.4. The molecule has 1 fully saturated rings. The van der Waals surface area contributed by atoms with Gasteiger partial charge >= 0.3 is 5.69 Å². The van der Waals surface area contributed by atoms with Crippen LogP contribution in [0.1, 0.15) is 18.4 Å². The van der Waals surface area contributed by atoms with Crippen molar-refractivity contribution in [3.63, 3.8) is 0 Å². The smallest absolute Gasteiger partial charge is 0.306 e. The highest BCUT2D eigenvalue weighted by Crippen LogP contribution is 2.32. The van der Waals surface area contributed by atoms with E-state index in [2.05, 4.69) is 11.2 Å². The van der Waals surface area contributed by atoms with E-state index in [9.17, 15) is 14.9 Å². The van der Waals surface area contributed by atoms with Crippen molar-refractivity contribution in [2.45, 2.75) is 25.9 Å². The van der Waals surface area contributed by atoms with Crippen molar-refractivity contribution >= 4 is 11.6 Å². The van der Waals surface area contributed by atoms with Crippen LogP contribution in [0.4, 0.5) is 5.69 Å². The Kier molecular flexibility index (Phi) is 5.61. The van der Waals surface area contributed by atoms with Gasteiger partial charge in [-0.3, -0.25) is 19.6 Å². The van der Waals surface area contributed by atoms with Gasteiger partial charge in [-0.15, -0.1) is 0 Å². The number of benzene rings is 1. The summed E-state index contributed by atoms with van der Waals surface area (Å²) >= 11 is 0. The Hall–Kier alpha value is -3.14. The van der Waals surface area contributed by atoms with E-state index in [1.54, 1.807) is 0 Å². The molecule has 1 amide bonds. The first kappa shape index (κ1) is 19.2. The first-order valence-electron chi connectivity index (χ1n) is 9.75. The lowest BCUT2D eigenvalue weighted by atomic mass is 10.1. The van der Waals surface area contributed by atoms with E-state index in [1.165, 1.54) is 27.5 Å². The van der Waals surface area contributed by atoms with E-state index < -0.39 is 4.92 Å². The minimum Gasteiger partial charge on any atom is -0.454 e. The molecule has 0 aliphatic carbocycles. The molecular weight excluding hydrogens is 378 g/mol. The Bertz CT molecular complexity index is 891. The normalized spacial score (nSPS) is 16.2. The van der Waals surface area contributed by atoms with Gasteiger partial charge in [-0.05, 0) is 24.6 Å². The molecule has 2 aliphatic heterocycles. The SMILES string of the molecule is O=C(CCCn1cc([N+](=O)[O-])cn1)N1CC[NH+](Cc2ccc3c(c2)OCO3)CC1. The van der Waals surface area contributed by atoms with Crippen LogP contribution < -0.4 is 14.4 Å². The van der Waals surface area contributed by atoms with E-state index in [-0.39, 0.29) is 18.4 Å². The first-order chi connectivity index (χ1) is 14.1. The zero-order chi connectivity index (χ0) is 20.2. The summed E-state index contributed by atoms with van der Waals surface area (Å²) in [6, 6.07) is 6.05. The Morgan fingerprint density at radius 3 is 2.79 bits per heavy atom. The molecule has 0 atom stereocenters. The summed E-state index contributed by atoms with van der Waals surface area (Å²) < 4.78 is 12.3. The predicted molar refractivity (Wildman–Crippen MR) is 102 cm³/mol. The highest BCUT2D eigenvalue weighted by atomic mass is 16.7. The summed E-state index contributed by atoms with van der Waals surface area (Å²) in [6.45, 7) is 4.98. The molecule has 0 radical (unpaired) electrons. The van der Waals surface area contributed by atoms with Gasteiger partial charge in [0.15, 0.2) is 11.5 Å². The lowest BCUT2D eigenvalue weighted by molar-refractivity contribution is -0.917. The molecule has 29 heavy (non-hydrogen) atoms. The number of nitrogens with one attached hydrogen (secondary N) is 1. The second kappa shape index (κ2) is 8.48. The fourth-order valence-electron chi connectivity index (χ4n) is 3.71. The Labute approximate surface area is 167 Å². The molecule has 4 rings (SSSR count). The zero-order valence-electron chi connectivity index (χ0n) is 16.1. The second-order valence-corrected chi connectivity index (χ2v) is 7.32. The molecule has 10 nitrogen and oxygen atoms in total. The number of carbonyl (C=O) groups excluding carboxylic acids is 1. The number of aromatic nitrogens is 2. The van der Waals surface area contributed by atoms with Crippen molar-refractivity contribution < 1.29 is 24.1 Å². The number of aryl methyl sites for hydroxylation is 1. The molecule has 0 saturated carbocycles. The van der Waals surface area contributed by atoms with Crippen molar-refractivity contribution in [1.29, 1.82) is 0 Å². The van der Waals surface area contributed by atoms with Crippen molar-refractivity contribution in [3.8, 4) is 11.5 Å². The molecule has 1 aromatic carbocycles. The number of piperazine rings is 1. The summed E-state index contributed by atoms with van der Waals surface area (Å²) in [4.78, 5) is 26.0. The molecule has 1 N–H and O–H groups in total. The number of amides is 1. The third kappa shape index (κ3) is 4.65. The molecule has 0 unspecified atom stereocenters. The quantitative estimate of drug-likeness (QED) is 0.525. The van der Waals surface area contributed by atoms with Crippen LogP contribution in [-0.2, 0) is 17.9 Å². The average molecular weight is 402 g/mol. The summed E-state index contributed by atoms with van der Waals surface area (Å²) in [5.41, 5.74) is 1.18. The van der Waals surface area contributed by atoms with E-state index in [4.69, 9.17) is 9.47 Å². The number of hydrogen-bond donors (Lipinski definition) is 1. The minimum absolute atomic E-state index is 0.0297. The standard InChI is InChI=1S/C19H23N5O5/c25-19(2-1-5-23-13-16(11-20-23)24(26)27)22-8-6-21(7-9-22)12-15-3-4-17-18(10-15)29-14-28-17/h3-4,10-11,13H,1-2,5-9,12,14H2/p+1.